The summed E-state index contributed by atoms with van der Waals surface area (Å²) in [5.41, 5.74) is 0. The van der Waals surface area contributed by atoms with Crippen LogP contribution in [0.3, 0.4) is 0 Å². The second-order valence-electron chi connectivity index (χ2n) is 4.80. The van der Waals surface area contributed by atoms with Gasteiger partial charge in [0.05, 0.1) is 0 Å². The SMILES string of the molecule is CCCCCC(C)NS(=O)(=O)N(C)CCCNC. The van der Waals surface area contributed by atoms with E-state index in [0.717, 1.165) is 38.6 Å². The highest BCUT2D eigenvalue weighted by molar-refractivity contribution is 7.87. The van der Waals surface area contributed by atoms with Gasteiger partial charge in [-0.2, -0.15) is 17.4 Å². The molecule has 0 aliphatic rings. The summed E-state index contributed by atoms with van der Waals surface area (Å²) in [6.45, 7) is 5.43. The van der Waals surface area contributed by atoms with E-state index < -0.39 is 10.2 Å². The highest BCUT2D eigenvalue weighted by Gasteiger charge is 2.19. The molecule has 0 aliphatic carbocycles. The monoisotopic (exact) mass is 279 g/mol. The lowest BCUT2D eigenvalue weighted by atomic mass is 10.1. The first-order chi connectivity index (χ1) is 8.44. The van der Waals surface area contributed by atoms with Crippen LogP contribution < -0.4 is 10.0 Å². The molecule has 110 valence electrons. The Morgan fingerprint density at radius 1 is 1.22 bits per heavy atom. The molecule has 0 heterocycles. The summed E-state index contributed by atoms with van der Waals surface area (Å²) >= 11 is 0. The van der Waals surface area contributed by atoms with E-state index in [-0.39, 0.29) is 6.04 Å². The first kappa shape index (κ1) is 17.8. The third kappa shape index (κ3) is 8.02. The molecule has 0 radical (unpaired) electrons. The molecule has 18 heavy (non-hydrogen) atoms. The van der Waals surface area contributed by atoms with Gasteiger partial charge < -0.3 is 5.32 Å². The lowest BCUT2D eigenvalue weighted by Gasteiger charge is -2.21. The molecule has 0 saturated heterocycles. The van der Waals surface area contributed by atoms with Crippen LogP contribution in [-0.2, 0) is 10.2 Å². The fraction of sp³-hybridized carbons (Fsp3) is 1.00. The molecule has 0 aromatic carbocycles. The molecule has 0 aliphatic heterocycles. The van der Waals surface area contributed by atoms with Gasteiger partial charge in [0.25, 0.3) is 10.2 Å². The van der Waals surface area contributed by atoms with Crippen LogP contribution in [0, 0.1) is 0 Å². The maximum absolute atomic E-state index is 12.0. The number of nitrogens with zero attached hydrogens (tertiary/aromatic N) is 1. The summed E-state index contributed by atoms with van der Waals surface area (Å²) in [6, 6.07) is 0.00769. The van der Waals surface area contributed by atoms with E-state index in [0.29, 0.717) is 6.54 Å². The van der Waals surface area contributed by atoms with E-state index in [9.17, 15) is 8.42 Å². The van der Waals surface area contributed by atoms with Crippen LogP contribution in [-0.4, -0.2) is 45.9 Å². The van der Waals surface area contributed by atoms with Gasteiger partial charge in [-0.15, -0.1) is 0 Å². The van der Waals surface area contributed by atoms with Crippen molar-refractivity contribution in [2.24, 2.45) is 0 Å². The van der Waals surface area contributed by atoms with Gasteiger partial charge >= 0.3 is 0 Å². The van der Waals surface area contributed by atoms with E-state index in [4.69, 9.17) is 0 Å². The van der Waals surface area contributed by atoms with Gasteiger partial charge in [0.15, 0.2) is 0 Å². The number of hydrogen-bond donors (Lipinski definition) is 2. The molecule has 2 N–H and O–H groups in total. The summed E-state index contributed by atoms with van der Waals surface area (Å²) in [4.78, 5) is 0. The van der Waals surface area contributed by atoms with Crippen LogP contribution >= 0.6 is 0 Å². The first-order valence-electron chi connectivity index (χ1n) is 6.82. The molecule has 1 atom stereocenters. The largest absolute Gasteiger partial charge is 0.320 e. The Hall–Kier alpha value is -0.170. The van der Waals surface area contributed by atoms with Gasteiger partial charge in [-0.1, -0.05) is 26.2 Å². The van der Waals surface area contributed by atoms with E-state index in [1.165, 1.54) is 4.31 Å². The van der Waals surface area contributed by atoms with Crippen molar-refractivity contribution in [3.05, 3.63) is 0 Å². The Labute approximate surface area is 113 Å². The smallest absolute Gasteiger partial charge is 0.279 e. The summed E-state index contributed by atoms with van der Waals surface area (Å²) in [6.07, 6.45) is 5.10. The van der Waals surface area contributed by atoms with Crippen LogP contribution in [0.5, 0.6) is 0 Å². The van der Waals surface area contributed by atoms with E-state index in [1.54, 1.807) is 7.05 Å². The lowest BCUT2D eigenvalue weighted by Crippen LogP contribution is -2.43. The van der Waals surface area contributed by atoms with Gasteiger partial charge in [0.2, 0.25) is 0 Å². The summed E-state index contributed by atoms with van der Waals surface area (Å²) < 4.78 is 28.0. The van der Waals surface area contributed by atoms with Crippen LogP contribution in [0.25, 0.3) is 0 Å². The Bertz CT molecular complexity index is 294. The molecule has 0 amide bonds. The first-order valence-corrected chi connectivity index (χ1v) is 8.26. The zero-order chi connectivity index (χ0) is 14.0. The second kappa shape index (κ2) is 9.72. The van der Waals surface area contributed by atoms with Crippen molar-refractivity contribution < 1.29 is 8.42 Å². The van der Waals surface area contributed by atoms with E-state index in [1.807, 2.05) is 14.0 Å². The van der Waals surface area contributed by atoms with Crippen molar-refractivity contribution in [2.75, 3.05) is 27.2 Å². The Morgan fingerprint density at radius 2 is 1.89 bits per heavy atom. The molecule has 5 nitrogen and oxygen atoms in total. The minimum Gasteiger partial charge on any atom is -0.320 e. The third-order valence-corrected chi connectivity index (χ3v) is 4.60. The molecular formula is C12H29N3O2S. The molecule has 0 saturated carbocycles. The average Bonchev–Trinajstić information content (AvgIpc) is 2.28. The molecule has 0 fully saturated rings. The van der Waals surface area contributed by atoms with Crippen molar-refractivity contribution in [1.82, 2.24) is 14.3 Å². The normalized spacial score (nSPS) is 14.1. The van der Waals surface area contributed by atoms with Gasteiger partial charge in [-0.3, -0.25) is 0 Å². The molecule has 1 unspecified atom stereocenters. The minimum absolute atomic E-state index is 0.00769. The van der Waals surface area contributed by atoms with Crippen molar-refractivity contribution in [3.63, 3.8) is 0 Å². The second-order valence-corrected chi connectivity index (χ2v) is 6.61. The van der Waals surface area contributed by atoms with E-state index >= 15 is 0 Å². The van der Waals surface area contributed by atoms with Gasteiger partial charge in [0, 0.05) is 19.6 Å². The van der Waals surface area contributed by atoms with Crippen molar-refractivity contribution in [2.45, 2.75) is 52.0 Å². The van der Waals surface area contributed by atoms with E-state index in [2.05, 4.69) is 17.0 Å². The highest BCUT2D eigenvalue weighted by Crippen LogP contribution is 2.05. The predicted octanol–water partition coefficient (Wildman–Crippen LogP) is 1.33. The number of rotatable bonds is 11. The third-order valence-electron chi connectivity index (χ3n) is 2.90. The molecular weight excluding hydrogens is 250 g/mol. The van der Waals surface area contributed by atoms with Crippen molar-refractivity contribution >= 4 is 10.2 Å². The summed E-state index contributed by atoms with van der Waals surface area (Å²) in [5, 5.41) is 3.01. The highest BCUT2D eigenvalue weighted by atomic mass is 32.2. The minimum atomic E-state index is -3.32. The molecule has 0 aromatic heterocycles. The van der Waals surface area contributed by atoms with Gasteiger partial charge in [0.1, 0.15) is 0 Å². The summed E-state index contributed by atoms with van der Waals surface area (Å²) in [5.74, 6) is 0. The number of unbranched alkanes of at least 4 members (excludes halogenated alkanes) is 2. The van der Waals surface area contributed by atoms with Crippen molar-refractivity contribution in [3.8, 4) is 0 Å². The Kier molecular flexibility index (Phi) is 9.63. The zero-order valence-corrected chi connectivity index (χ0v) is 13.0. The Morgan fingerprint density at radius 3 is 2.44 bits per heavy atom. The van der Waals surface area contributed by atoms with Crippen molar-refractivity contribution in [1.29, 1.82) is 0 Å². The molecule has 0 aromatic rings. The van der Waals surface area contributed by atoms with Crippen LogP contribution in [0.1, 0.15) is 46.0 Å². The predicted molar refractivity (Wildman–Crippen MR) is 76.8 cm³/mol. The number of hydrogen-bond acceptors (Lipinski definition) is 3. The lowest BCUT2D eigenvalue weighted by molar-refractivity contribution is 0.434. The fourth-order valence-electron chi connectivity index (χ4n) is 1.70. The average molecular weight is 279 g/mol. The standard InChI is InChI=1S/C12H29N3O2S/c1-5-6-7-9-12(2)14-18(16,17)15(4)11-8-10-13-3/h12-14H,5-11H2,1-4H3. The van der Waals surface area contributed by atoms with Crippen LogP contribution in [0.2, 0.25) is 0 Å². The maximum atomic E-state index is 12.0. The molecule has 0 bridgehead atoms. The van der Waals surface area contributed by atoms with Gasteiger partial charge in [-0.05, 0) is 33.4 Å². The Balaban J connectivity index is 4.03. The quantitative estimate of drug-likeness (QED) is 0.561. The molecule has 6 heteroatoms. The zero-order valence-electron chi connectivity index (χ0n) is 12.2. The topological polar surface area (TPSA) is 61.4 Å². The van der Waals surface area contributed by atoms with Crippen LogP contribution in [0.4, 0.5) is 0 Å². The summed E-state index contributed by atoms with van der Waals surface area (Å²) in [7, 11) is 0.164. The number of nitrogens with one attached hydrogen (secondary N) is 2. The van der Waals surface area contributed by atoms with Gasteiger partial charge in [-0.25, -0.2) is 0 Å². The van der Waals surface area contributed by atoms with Crippen LogP contribution in [0.15, 0.2) is 0 Å². The molecule has 0 rings (SSSR count). The fourth-order valence-corrected chi connectivity index (χ4v) is 2.88. The molecule has 0 spiro atoms. The maximum Gasteiger partial charge on any atom is 0.279 e.